The van der Waals surface area contributed by atoms with E-state index in [9.17, 15) is 4.79 Å². The molecule has 1 heterocycles. The number of carbonyl (C=O) groups excluding carboxylic acids is 1. The van der Waals surface area contributed by atoms with Crippen molar-refractivity contribution >= 4 is 23.1 Å². The molecule has 0 saturated carbocycles. The molecule has 0 saturated heterocycles. The molecule has 0 radical (unpaired) electrons. The van der Waals surface area contributed by atoms with E-state index in [1.807, 2.05) is 18.4 Å². The van der Waals surface area contributed by atoms with Crippen molar-refractivity contribution in [3.05, 3.63) is 17.7 Å². The Balaban J connectivity index is 2.41. The lowest BCUT2D eigenvalue weighted by Crippen LogP contribution is -2.30. The predicted molar refractivity (Wildman–Crippen MR) is 75.4 cm³/mol. The lowest BCUT2D eigenvalue weighted by Gasteiger charge is -2.17. The van der Waals surface area contributed by atoms with E-state index >= 15 is 0 Å². The third kappa shape index (κ3) is 4.10. The van der Waals surface area contributed by atoms with Gasteiger partial charge in [-0.05, 0) is 13.8 Å². The lowest BCUT2D eigenvalue weighted by atomic mass is 10.3. The number of hydrogen-bond donors (Lipinski definition) is 1. The Morgan fingerprint density at radius 1 is 1.50 bits per heavy atom. The molecule has 1 aromatic heterocycles. The number of nitrogens with two attached hydrogens (primary N) is 1. The van der Waals surface area contributed by atoms with Crippen molar-refractivity contribution in [1.29, 1.82) is 0 Å². The second kappa shape index (κ2) is 6.49. The molecular weight excluding hydrogens is 248 g/mol. The van der Waals surface area contributed by atoms with Gasteiger partial charge in [-0.2, -0.15) is 0 Å². The van der Waals surface area contributed by atoms with Gasteiger partial charge in [-0.15, -0.1) is 0 Å². The summed E-state index contributed by atoms with van der Waals surface area (Å²) >= 11 is 4.79. The maximum atomic E-state index is 11.9. The Morgan fingerprint density at radius 3 is 2.67 bits per heavy atom. The molecule has 0 fully saturated rings. The zero-order valence-electron chi connectivity index (χ0n) is 11.1. The summed E-state index contributed by atoms with van der Waals surface area (Å²) in [6.07, 6.45) is 2.80. The molecule has 18 heavy (non-hydrogen) atoms. The van der Waals surface area contributed by atoms with Crippen LogP contribution >= 0.6 is 12.2 Å². The molecule has 5 nitrogen and oxygen atoms in total. The van der Waals surface area contributed by atoms with Crippen LogP contribution in [0.15, 0.2) is 6.33 Å². The second-order valence-electron chi connectivity index (χ2n) is 4.39. The van der Waals surface area contributed by atoms with Gasteiger partial charge in [0.1, 0.15) is 0 Å². The Bertz CT molecular complexity index is 441. The van der Waals surface area contributed by atoms with Crippen LogP contribution < -0.4 is 5.73 Å². The third-order valence-corrected chi connectivity index (χ3v) is 3.24. The number of thiocarbonyl (C=S) groups is 1. The zero-order chi connectivity index (χ0) is 13.7. The molecule has 0 aliphatic carbocycles. The van der Waals surface area contributed by atoms with Crippen LogP contribution in [-0.4, -0.2) is 38.9 Å². The molecule has 1 amide bonds. The molecule has 0 spiro atoms. The topological polar surface area (TPSA) is 64.2 Å². The highest BCUT2D eigenvalue weighted by Gasteiger charge is 2.10. The van der Waals surface area contributed by atoms with Crippen LogP contribution in [0, 0.1) is 13.8 Å². The number of imidazole rings is 1. The minimum Gasteiger partial charge on any atom is -0.393 e. The molecule has 1 rings (SSSR count). The maximum Gasteiger partial charge on any atom is 0.224 e. The van der Waals surface area contributed by atoms with Gasteiger partial charge in [-0.3, -0.25) is 4.79 Å². The lowest BCUT2D eigenvalue weighted by molar-refractivity contribution is -0.130. The molecule has 2 N–H and O–H groups in total. The highest BCUT2D eigenvalue weighted by molar-refractivity contribution is 7.80. The summed E-state index contributed by atoms with van der Waals surface area (Å²) in [6.45, 7) is 5.20. The van der Waals surface area contributed by atoms with Crippen molar-refractivity contribution in [3.63, 3.8) is 0 Å². The fraction of sp³-hybridized carbons (Fsp3) is 0.583. The number of nitrogens with zero attached hydrogens (tertiary/aromatic N) is 3. The first-order valence-electron chi connectivity index (χ1n) is 5.92. The van der Waals surface area contributed by atoms with Gasteiger partial charge in [0.2, 0.25) is 5.91 Å². The highest BCUT2D eigenvalue weighted by atomic mass is 32.1. The molecular formula is C12H20N4OS. The second-order valence-corrected chi connectivity index (χ2v) is 4.91. The molecule has 6 heteroatoms. The molecule has 0 aromatic carbocycles. The van der Waals surface area contributed by atoms with Gasteiger partial charge >= 0.3 is 0 Å². The largest absolute Gasteiger partial charge is 0.393 e. The molecule has 0 aliphatic rings. The zero-order valence-corrected chi connectivity index (χ0v) is 12.0. The van der Waals surface area contributed by atoms with Crippen LogP contribution in [0.5, 0.6) is 0 Å². The third-order valence-electron chi connectivity index (χ3n) is 3.03. The molecule has 0 aliphatic heterocycles. The number of carbonyl (C=O) groups is 1. The van der Waals surface area contributed by atoms with Crippen LogP contribution in [0.25, 0.3) is 0 Å². The van der Waals surface area contributed by atoms with E-state index in [1.54, 1.807) is 18.3 Å². The average molecular weight is 268 g/mol. The monoisotopic (exact) mass is 268 g/mol. The minimum absolute atomic E-state index is 0.0944. The number of hydrogen-bond acceptors (Lipinski definition) is 3. The maximum absolute atomic E-state index is 11.9. The van der Waals surface area contributed by atoms with Crippen LogP contribution in [0.3, 0.4) is 0 Å². The van der Waals surface area contributed by atoms with Crippen molar-refractivity contribution in [3.8, 4) is 0 Å². The van der Waals surface area contributed by atoms with Gasteiger partial charge < -0.3 is 15.2 Å². The quantitative estimate of drug-likeness (QED) is 0.783. The van der Waals surface area contributed by atoms with Crippen molar-refractivity contribution in [2.45, 2.75) is 33.2 Å². The fourth-order valence-corrected chi connectivity index (χ4v) is 1.67. The van der Waals surface area contributed by atoms with Crippen molar-refractivity contribution in [2.75, 3.05) is 13.6 Å². The van der Waals surface area contributed by atoms with E-state index in [0.29, 0.717) is 30.9 Å². The van der Waals surface area contributed by atoms with Crippen molar-refractivity contribution in [1.82, 2.24) is 14.5 Å². The SMILES string of the molecule is Cc1ncn(CCC(=O)N(C)CCC(N)=S)c1C. The molecule has 0 unspecified atom stereocenters. The van der Waals surface area contributed by atoms with E-state index in [4.69, 9.17) is 18.0 Å². The normalized spacial score (nSPS) is 10.4. The van der Waals surface area contributed by atoms with Gasteiger partial charge in [0.05, 0.1) is 17.0 Å². The first kappa shape index (κ1) is 14.6. The van der Waals surface area contributed by atoms with Gasteiger partial charge in [0.15, 0.2) is 0 Å². The van der Waals surface area contributed by atoms with E-state index in [0.717, 1.165) is 11.4 Å². The Hall–Kier alpha value is -1.43. The molecule has 0 bridgehead atoms. The average Bonchev–Trinajstić information content (AvgIpc) is 2.64. The van der Waals surface area contributed by atoms with Crippen LogP contribution in [0.1, 0.15) is 24.2 Å². The van der Waals surface area contributed by atoms with E-state index < -0.39 is 0 Å². The number of aromatic nitrogens is 2. The van der Waals surface area contributed by atoms with Gasteiger partial charge in [0, 0.05) is 38.7 Å². The van der Waals surface area contributed by atoms with Gasteiger partial charge in [-0.1, -0.05) is 12.2 Å². The fourth-order valence-electron chi connectivity index (χ4n) is 1.58. The molecule has 100 valence electrons. The summed E-state index contributed by atoms with van der Waals surface area (Å²) in [6, 6.07) is 0. The van der Waals surface area contributed by atoms with Crippen molar-refractivity contribution in [2.24, 2.45) is 5.73 Å². The summed E-state index contributed by atoms with van der Waals surface area (Å²) < 4.78 is 1.99. The Kier molecular flexibility index (Phi) is 5.27. The Morgan fingerprint density at radius 2 is 2.17 bits per heavy atom. The van der Waals surface area contributed by atoms with E-state index in [2.05, 4.69) is 4.98 Å². The number of rotatable bonds is 6. The van der Waals surface area contributed by atoms with E-state index in [1.165, 1.54) is 0 Å². The summed E-state index contributed by atoms with van der Waals surface area (Å²) in [7, 11) is 1.77. The predicted octanol–water partition coefficient (Wildman–Crippen LogP) is 1.02. The molecule has 0 atom stereocenters. The van der Waals surface area contributed by atoms with Crippen LogP contribution in [-0.2, 0) is 11.3 Å². The van der Waals surface area contributed by atoms with Gasteiger partial charge in [-0.25, -0.2) is 4.98 Å². The first-order valence-corrected chi connectivity index (χ1v) is 6.33. The smallest absolute Gasteiger partial charge is 0.224 e. The summed E-state index contributed by atoms with van der Waals surface area (Å²) in [5.74, 6) is 0.0944. The summed E-state index contributed by atoms with van der Waals surface area (Å²) in [5, 5.41) is 0. The van der Waals surface area contributed by atoms with Crippen LogP contribution in [0.4, 0.5) is 0 Å². The first-order chi connectivity index (χ1) is 8.41. The molecule has 1 aromatic rings. The summed E-state index contributed by atoms with van der Waals surface area (Å²) in [4.78, 5) is 18.2. The van der Waals surface area contributed by atoms with Crippen molar-refractivity contribution < 1.29 is 4.79 Å². The minimum atomic E-state index is 0.0944. The number of amides is 1. The highest BCUT2D eigenvalue weighted by Crippen LogP contribution is 2.05. The van der Waals surface area contributed by atoms with E-state index in [-0.39, 0.29) is 5.91 Å². The number of aryl methyl sites for hydroxylation is 2. The summed E-state index contributed by atoms with van der Waals surface area (Å²) in [5.41, 5.74) is 7.52. The Labute approximate surface area is 113 Å². The van der Waals surface area contributed by atoms with Gasteiger partial charge in [0.25, 0.3) is 0 Å². The standard InChI is InChI=1S/C12H20N4OS/c1-9-10(2)16(8-14-9)7-5-12(17)15(3)6-4-11(13)18/h8H,4-7H2,1-3H3,(H2,13,18). The van der Waals surface area contributed by atoms with Crippen LogP contribution in [0.2, 0.25) is 0 Å².